The molecule has 90 valence electrons. The molecule has 0 aromatic carbocycles. The molecule has 0 aliphatic carbocycles. The molecule has 1 heterocycles. The number of hydrogen-bond donors (Lipinski definition) is 1. The number of aromatic nitrogens is 1. The topological polar surface area (TPSA) is 64.4 Å². The first kappa shape index (κ1) is 12.7. The third-order valence-electron chi connectivity index (χ3n) is 1.78. The zero-order valence-corrected chi connectivity index (χ0v) is 10.2. The smallest absolute Gasteiger partial charge is 0.246 e. The Morgan fingerprint density at radius 1 is 1.56 bits per heavy atom. The van der Waals surface area contributed by atoms with Crippen molar-refractivity contribution in [3.63, 3.8) is 0 Å². The maximum Gasteiger partial charge on any atom is 0.246 e. The van der Waals surface area contributed by atoms with E-state index in [2.05, 4.69) is 10.5 Å². The number of aryl methyl sites for hydroxylation is 1. The highest BCUT2D eigenvalue weighted by atomic mass is 16.5. The summed E-state index contributed by atoms with van der Waals surface area (Å²) in [4.78, 5) is 11.4. The molecule has 5 heteroatoms. The van der Waals surface area contributed by atoms with Gasteiger partial charge < -0.3 is 14.6 Å². The van der Waals surface area contributed by atoms with Crippen LogP contribution >= 0.6 is 0 Å². The summed E-state index contributed by atoms with van der Waals surface area (Å²) in [5.41, 5.74) is 0.406. The van der Waals surface area contributed by atoms with Gasteiger partial charge in [0.05, 0.1) is 12.1 Å². The molecule has 1 N–H and O–H groups in total. The minimum absolute atomic E-state index is 0.0559. The summed E-state index contributed by atoms with van der Waals surface area (Å²) in [7, 11) is 0. The number of hydrogen-bond acceptors (Lipinski definition) is 4. The molecule has 0 radical (unpaired) electrons. The highest BCUT2D eigenvalue weighted by molar-refractivity contribution is 5.77. The maximum absolute atomic E-state index is 11.4. The Morgan fingerprint density at radius 2 is 2.25 bits per heavy atom. The lowest BCUT2D eigenvalue weighted by molar-refractivity contribution is -0.130. The molecule has 0 spiro atoms. The van der Waals surface area contributed by atoms with Crippen LogP contribution in [-0.2, 0) is 16.1 Å². The van der Waals surface area contributed by atoms with Gasteiger partial charge in [0.15, 0.2) is 0 Å². The van der Waals surface area contributed by atoms with Crippen LogP contribution in [0.4, 0.5) is 0 Å². The molecule has 0 unspecified atom stereocenters. The second-order valence-corrected chi connectivity index (χ2v) is 4.61. The highest BCUT2D eigenvalue weighted by Crippen LogP contribution is 2.05. The second-order valence-electron chi connectivity index (χ2n) is 4.61. The second kappa shape index (κ2) is 5.12. The SMILES string of the molecule is Cc1cc(CNC(=O)COC(C)(C)C)no1. The molecule has 0 aliphatic heterocycles. The van der Waals surface area contributed by atoms with Gasteiger partial charge in [0, 0.05) is 6.07 Å². The van der Waals surface area contributed by atoms with Crippen LogP contribution in [0.5, 0.6) is 0 Å². The van der Waals surface area contributed by atoms with E-state index in [9.17, 15) is 4.79 Å². The summed E-state index contributed by atoms with van der Waals surface area (Å²) in [6, 6.07) is 1.78. The van der Waals surface area contributed by atoms with E-state index >= 15 is 0 Å². The van der Waals surface area contributed by atoms with Crippen molar-refractivity contribution in [3.8, 4) is 0 Å². The Labute approximate surface area is 95.1 Å². The van der Waals surface area contributed by atoms with Crippen LogP contribution in [0.2, 0.25) is 0 Å². The van der Waals surface area contributed by atoms with Crippen LogP contribution in [0.1, 0.15) is 32.2 Å². The van der Waals surface area contributed by atoms with E-state index in [-0.39, 0.29) is 18.1 Å². The van der Waals surface area contributed by atoms with Gasteiger partial charge in [-0.25, -0.2) is 0 Å². The van der Waals surface area contributed by atoms with Gasteiger partial charge in [0.25, 0.3) is 0 Å². The lowest BCUT2D eigenvalue weighted by atomic mass is 10.2. The zero-order valence-electron chi connectivity index (χ0n) is 10.2. The summed E-state index contributed by atoms with van der Waals surface area (Å²) in [5.74, 6) is 0.575. The van der Waals surface area contributed by atoms with Crippen LogP contribution in [0.3, 0.4) is 0 Å². The van der Waals surface area contributed by atoms with Crippen LogP contribution in [0.15, 0.2) is 10.6 Å². The van der Waals surface area contributed by atoms with Gasteiger partial charge in [0.1, 0.15) is 18.1 Å². The molecule has 1 aromatic rings. The Kier molecular flexibility index (Phi) is 4.06. The molecular weight excluding hydrogens is 208 g/mol. The van der Waals surface area contributed by atoms with Gasteiger partial charge in [-0.2, -0.15) is 0 Å². The first-order valence-electron chi connectivity index (χ1n) is 5.20. The van der Waals surface area contributed by atoms with Crippen molar-refractivity contribution in [1.29, 1.82) is 0 Å². The minimum Gasteiger partial charge on any atom is -0.366 e. The van der Waals surface area contributed by atoms with E-state index < -0.39 is 0 Å². The molecule has 1 rings (SSSR count). The number of nitrogens with zero attached hydrogens (tertiary/aromatic N) is 1. The van der Waals surface area contributed by atoms with E-state index in [1.54, 1.807) is 13.0 Å². The van der Waals surface area contributed by atoms with Crippen molar-refractivity contribution >= 4 is 5.91 Å². The van der Waals surface area contributed by atoms with Crippen LogP contribution in [0, 0.1) is 6.92 Å². The summed E-state index contributed by atoms with van der Waals surface area (Å²) in [6.45, 7) is 7.94. The molecule has 0 bridgehead atoms. The molecule has 0 aliphatic rings. The van der Waals surface area contributed by atoms with E-state index in [1.165, 1.54) is 0 Å². The predicted molar refractivity (Wildman–Crippen MR) is 58.8 cm³/mol. The molecule has 5 nitrogen and oxygen atoms in total. The average molecular weight is 226 g/mol. The predicted octanol–water partition coefficient (Wildman–Crippen LogP) is 1.41. The Morgan fingerprint density at radius 3 is 2.75 bits per heavy atom. The molecule has 0 saturated carbocycles. The lowest BCUT2D eigenvalue weighted by Crippen LogP contribution is -2.31. The number of amides is 1. The van der Waals surface area contributed by atoms with Crippen molar-refractivity contribution in [2.45, 2.75) is 39.8 Å². The van der Waals surface area contributed by atoms with Gasteiger partial charge in [-0.1, -0.05) is 5.16 Å². The first-order chi connectivity index (χ1) is 7.37. The molecule has 16 heavy (non-hydrogen) atoms. The van der Waals surface area contributed by atoms with E-state index in [1.807, 2.05) is 20.8 Å². The van der Waals surface area contributed by atoms with Crippen molar-refractivity contribution in [1.82, 2.24) is 10.5 Å². The van der Waals surface area contributed by atoms with Crippen molar-refractivity contribution in [3.05, 3.63) is 17.5 Å². The molecule has 0 atom stereocenters. The summed E-state index contributed by atoms with van der Waals surface area (Å²) >= 11 is 0. The lowest BCUT2D eigenvalue weighted by Gasteiger charge is -2.18. The monoisotopic (exact) mass is 226 g/mol. The normalized spacial score (nSPS) is 11.5. The fourth-order valence-corrected chi connectivity index (χ4v) is 1.02. The number of ether oxygens (including phenoxy) is 1. The Balaban J connectivity index is 2.25. The highest BCUT2D eigenvalue weighted by Gasteiger charge is 2.12. The first-order valence-corrected chi connectivity index (χ1v) is 5.20. The standard InChI is InChI=1S/C11H18N2O3/c1-8-5-9(13-16-8)6-12-10(14)7-15-11(2,3)4/h5H,6-7H2,1-4H3,(H,12,14). The van der Waals surface area contributed by atoms with Crippen LogP contribution in [0.25, 0.3) is 0 Å². The average Bonchev–Trinajstić information content (AvgIpc) is 2.57. The number of nitrogens with one attached hydrogen (secondary N) is 1. The van der Waals surface area contributed by atoms with E-state index in [0.29, 0.717) is 12.2 Å². The number of carbonyl (C=O) groups is 1. The Hall–Kier alpha value is -1.36. The largest absolute Gasteiger partial charge is 0.366 e. The third kappa shape index (κ3) is 4.93. The van der Waals surface area contributed by atoms with Crippen molar-refractivity contribution in [2.75, 3.05) is 6.61 Å². The van der Waals surface area contributed by atoms with Gasteiger partial charge >= 0.3 is 0 Å². The summed E-state index contributed by atoms with van der Waals surface area (Å²) in [6.07, 6.45) is 0. The molecule has 1 amide bonds. The zero-order chi connectivity index (χ0) is 12.2. The minimum atomic E-state index is -0.304. The van der Waals surface area contributed by atoms with Gasteiger partial charge in [-0.15, -0.1) is 0 Å². The van der Waals surface area contributed by atoms with Gasteiger partial charge in [-0.05, 0) is 27.7 Å². The van der Waals surface area contributed by atoms with Crippen molar-refractivity contribution in [2.24, 2.45) is 0 Å². The van der Waals surface area contributed by atoms with Crippen LogP contribution in [-0.4, -0.2) is 23.3 Å². The maximum atomic E-state index is 11.4. The summed E-state index contributed by atoms with van der Waals surface area (Å²) in [5, 5.41) is 6.46. The Bertz CT molecular complexity index is 352. The molecule has 1 aromatic heterocycles. The molecule has 0 fully saturated rings. The van der Waals surface area contributed by atoms with Crippen LogP contribution < -0.4 is 5.32 Å². The number of rotatable bonds is 4. The fourth-order valence-electron chi connectivity index (χ4n) is 1.02. The van der Waals surface area contributed by atoms with E-state index in [4.69, 9.17) is 9.26 Å². The quantitative estimate of drug-likeness (QED) is 0.843. The van der Waals surface area contributed by atoms with Gasteiger partial charge in [-0.3, -0.25) is 4.79 Å². The number of carbonyl (C=O) groups excluding carboxylic acids is 1. The van der Waals surface area contributed by atoms with Crippen molar-refractivity contribution < 1.29 is 14.1 Å². The van der Waals surface area contributed by atoms with Gasteiger partial charge in [0.2, 0.25) is 5.91 Å². The fraction of sp³-hybridized carbons (Fsp3) is 0.636. The third-order valence-corrected chi connectivity index (χ3v) is 1.78. The summed E-state index contributed by atoms with van der Waals surface area (Å²) < 4.78 is 10.2. The molecular formula is C11H18N2O3. The molecule has 0 saturated heterocycles. The van der Waals surface area contributed by atoms with E-state index in [0.717, 1.165) is 5.76 Å².